The predicted octanol–water partition coefficient (Wildman–Crippen LogP) is 2.72. The molecule has 7 nitrogen and oxygen atoms in total. The number of fused-ring (bicyclic) bond motifs is 1. The predicted molar refractivity (Wildman–Crippen MR) is 119 cm³/mol. The molecular formula is C22H31N5O2S. The highest BCUT2D eigenvalue weighted by Crippen LogP contribution is 2.36. The summed E-state index contributed by atoms with van der Waals surface area (Å²) < 4.78 is 28.4. The van der Waals surface area contributed by atoms with E-state index in [1.54, 1.807) is 18.4 Å². The molecule has 0 radical (unpaired) electrons. The third kappa shape index (κ3) is 4.08. The van der Waals surface area contributed by atoms with Gasteiger partial charge >= 0.3 is 0 Å². The summed E-state index contributed by atoms with van der Waals surface area (Å²) >= 11 is 0. The van der Waals surface area contributed by atoms with Crippen molar-refractivity contribution in [2.24, 2.45) is 0 Å². The Bertz CT molecular complexity index is 994. The van der Waals surface area contributed by atoms with Gasteiger partial charge in [-0.15, -0.1) is 0 Å². The van der Waals surface area contributed by atoms with Gasteiger partial charge in [-0.3, -0.25) is 0 Å². The molecule has 0 bridgehead atoms. The van der Waals surface area contributed by atoms with Crippen LogP contribution >= 0.6 is 0 Å². The van der Waals surface area contributed by atoms with Crippen LogP contribution in [0.2, 0.25) is 0 Å². The molecule has 162 valence electrons. The van der Waals surface area contributed by atoms with Gasteiger partial charge in [-0.25, -0.2) is 9.97 Å². The van der Waals surface area contributed by atoms with Crippen LogP contribution < -0.4 is 4.90 Å². The number of aryl methyl sites for hydroxylation is 1. The van der Waals surface area contributed by atoms with Crippen LogP contribution in [0.3, 0.4) is 0 Å². The van der Waals surface area contributed by atoms with Crippen LogP contribution in [0.5, 0.6) is 0 Å². The molecule has 1 aromatic heterocycles. The largest absolute Gasteiger partial charge is 0.356 e. The third-order valence-electron chi connectivity index (χ3n) is 6.14. The monoisotopic (exact) mass is 429 g/mol. The lowest BCUT2D eigenvalue weighted by molar-refractivity contribution is 0.352. The fourth-order valence-electron chi connectivity index (χ4n) is 4.47. The van der Waals surface area contributed by atoms with Gasteiger partial charge in [0, 0.05) is 45.0 Å². The summed E-state index contributed by atoms with van der Waals surface area (Å²) in [6.45, 7) is 4.42. The van der Waals surface area contributed by atoms with Crippen LogP contribution in [0.1, 0.15) is 47.9 Å². The van der Waals surface area contributed by atoms with E-state index in [4.69, 9.17) is 9.97 Å². The Labute approximate surface area is 179 Å². The van der Waals surface area contributed by atoms with E-state index in [2.05, 4.69) is 29.2 Å². The quantitative estimate of drug-likeness (QED) is 0.706. The minimum Gasteiger partial charge on any atom is -0.356 e. The molecule has 0 aliphatic carbocycles. The second kappa shape index (κ2) is 8.61. The van der Waals surface area contributed by atoms with E-state index in [1.807, 2.05) is 13.0 Å². The third-order valence-corrected chi connectivity index (χ3v) is 8.09. The van der Waals surface area contributed by atoms with Gasteiger partial charge in [0.15, 0.2) is 0 Å². The zero-order valence-corrected chi connectivity index (χ0v) is 18.9. The Morgan fingerprint density at radius 3 is 2.60 bits per heavy atom. The molecule has 1 fully saturated rings. The molecule has 8 heteroatoms. The zero-order chi connectivity index (χ0) is 21.3. The molecule has 3 heterocycles. The first-order valence-corrected chi connectivity index (χ1v) is 12.1. The SMILES string of the molecule is Cc1nc([C@@H]2CCCN2S(=O)(=O)N(C)C)nc2c1CCCN2CCc1ccccc1. The first-order valence-electron chi connectivity index (χ1n) is 10.7. The van der Waals surface area contributed by atoms with Gasteiger partial charge in [0.2, 0.25) is 0 Å². The summed E-state index contributed by atoms with van der Waals surface area (Å²) in [5.74, 6) is 1.63. The molecule has 4 rings (SSSR count). The summed E-state index contributed by atoms with van der Waals surface area (Å²) in [6.07, 6.45) is 4.62. The van der Waals surface area contributed by atoms with Gasteiger partial charge in [-0.05, 0) is 44.6 Å². The highest BCUT2D eigenvalue weighted by atomic mass is 32.2. The van der Waals surface area contributed by atoms with E-state index >= 15 is 0 Å². The molecular weight excluding hydrogens is 398 g/mol. The lowest BCUT2D eigenvalue weighted by atomic mass is 10.0. The molecule has 0 saturated carbocycles. The first kappa shape index (κ1) is 21.2. The van der Waals surface area contributed by atoms with Crippen molar-refractivity contribution in [3.63, 3.8) is 0 Å². The van der Waals surface area contributed by atoms with Crippen molar-refractivity contribution < 1.29 is 8.42 Å². The van der Waals surface area contributed by atoms with Gasteiger partial charge in [-0.2, -0.15) is 17.0 Å². The van der Waals surface area contributed by atoms with E-state index in [0.29, 0.717) is 12.4 Å². The standard InChI is InChI=1S/C22H31N5O2S/c1-17-19-11-7-14-26(16-13-18-9-5-4-6-10-18)22(19)24-21(23-17)20-12-8-15-27(20)30(28,29)25(2)3/h4-6,9-10,20H,7-8,11-16H2,1-3H3/t20-/m0/s1. The summed E-state index contributed by atoms with van der Waals surface area (Å²) in [5, 5.41) is 0. The molecule has 0 spiro atoms. The second-order valence-electron chi connectivity index (χ2n) is 8.35. The van der Waals surface area contributed by atoms with Crippen LogP contribution in [0.15, 0.2) is 30.3 Å². The number of hydrogen-bond acceptors (Lipinski definition) is 5. The van der Waals surface area contributed by atoms with Gasteiger partial charge in [0.1, 0.15) is 11.6 Å². The van der Waals surface area contributed by atoms with Crippen LogP contribution in [0, 0.1) is 6.92 Å². The van der Waals surface area contributed by atoms with Gasteiger partial charge in [-0.1, -0.05) is 30.3 Å². The highest BCUT2D eigenvalue weighted by molar-refractivity contribution is 7.86. The minimum atomic E-state index is -3.49. The fraction of sp³-hybridized carbons (Fsp3) is 0.545. The summed E-state index contributed by atoms with van der Waals surface area (Å²) in [6, 6.07) is 10.2. The van der Waals surface area contributed by atoms with E-state index in [0.717, 1.165) is 56.7 Å². The number of anilines is 1. The molecule has 1 saturated heterocycles. The Morgan fingerprint density at radius 1 is 1.10 bits per heavy atom. The fourth-order valence-corrected chi connectivity index (χ4v) is 5.77. The molecule has 30 heavy (non-hydrogen) atoms. The van der Waals surface area contributed by atoms with Crippen molar-refractivity contribution in [1.29, 1.82) is 0 Å². The van der Waals surface area contributed by atoms with Crippen molar-refractivity contribution in [3.8, 4) is 0 Å². The van der Waals surface area contributed by atoms with E-state index in [-0.39, 0.29) is 6.04 Å². The number of aromatic nitrogens is 2. The smallest absolute Gasteiger partial charge is 0.282 e. The van der Waals surface area contributed by atoms with Gasteiger partial charge in [0.05, 0.1) is 6.04 Å². The zero-order valence-electron chi connectivity index (χ0n) is 18.1. The molecule has 2 aromatic rings. The Hall–Kier alpha value is -2.03. The second-order valence-corrected chi connectivity index (χ2v) is 10.4. The van der Waals surface area contributed by atoms with Crippen molar-refractivity contribution in [1.82, 2.24) is 18.6 Å². The maximum absolute atomic E-state index is 12.8. The van der Waals surface area contributed by atoms with Gasteiger partial charge < -0.3 is 4.90 Å². The molecule has 1 aromatic carbocycles. The van der Waals surface area contributed by atoms with Crippen molar-refractivity contribution >= 4 is 16.0 Å². The Morgan fingerprint density at radius 2 is 1.87 bits per heavy atom. The number of hydrogen-bond donors (Lipinski definition) is 0. The number of rotatable bonds is 6. The van der Waals surface area contributed by atoms with Crippen LogP contribution in [0.25, 0.3) is 0 Å². The average molecular weight is 430 g/mol. The molecule has 2 aliphatic heterocycles. The topological polar surface area (TPSA) is 69.6 Å². The normalized spacial score (nSPS) is 20.0. The molecule has 0 unspecified atom stereocenters. The van der Waals surface area contributed by atoms with Crippen LogP contribution in [0.4, 0.5) is 5.82 Å². The van der Waals surface area contributed by atoms with E-state index < -0.39 is 10.2 Å². The molecule has 1 atom stereocenters. The van der Waals surface area contributed by atoms with E-state index in [9.17, 15) is 8.42 Å². The maximum atomic E-state index is 12.8. The van der Waals surface area contributed by atoms with Crippen molar-refractivity contribution in [3.05, 3.63) is 53.0 Å². The maximum Gasteiger partial charge on any atom is 0.282 e. The average Bonchev–Trinajstić information content (AvgIpc) is 3.24. The van der Waals surface area contributed by atoms with Gasteiger partial charge in [0.25, 0.3) is 10.2 Å². The summed E-state index contributed by atoms with van der Waals surface area (Å²) in [4.78, 5) is 12.1. The molecule has 2 aliphatic rings. The first-order chi connectivity index (χ1) is 14.4. The summed E-state index contributed by atoms with van der Waals surface area (Å²) in [7, 11) is -0.338. The lowest BCUT2D eigenvalue weighted by Gasteiger charge is -2.32. The molecule has 0 N–H and O–H groups in total. The van der Waals surface area contributed by atoms with Crippen LogP contribution in [-0.2, 0) is 23.1 Å². The Balaban J connectivity index is 1.63. The molecule has 0 amide bonds. The highest BCUT2D eigenvalue weighted by Gasteiger charge is 2.39. The lowest BCUT2D eigenvalue weighted by Crippen LogP contribution is -2.40. The number of nitrogens with zero attached hydrogens (tertiary/aromatic N) is 5. The van der Waals surface area contributed by atoms with Crippen molar-refractivity contribution in [2.45, 2.75) is 45.1 Å². The van der Waals surface area contributed by atoms with Crippen LogP contribution in [-0.4, -0.2) is 60.7 Å². The summed E-state index contributed by atoms with van der Waals surface area (Å²) in [5.41, 5.74) is 3.50. The number of benzene rings is 1. The van der Waals surface area contributed by atoms with Crippen molar-refractivity contribution in [2.75, 3.05) is 38.6 Å². The van der Waals surface area contributed by atoms with E-state index in [1.165, 1.54) is 15.4 Å². The Kier molecular flexibility index (Phi) is 6.09. The minimum absolute atomic E-state index is 0.292.